The van der Waals surface area contributed by atoms with Gasteiger partial charge in [0, 0.05) is 30.8 Å². The van der Waals surface area contributed by atoms with Gasteiger partial charge in [0.25, 0.3) is 5.91 Å². The highest BCUT2D eigenvalue weighted by Gasteiger charge is 2.25. The molecule has 0 unspecified atom stereocenters. The molecule has 3 aromatic heterocycles. The van der Waals surface area contributed by atoms with Gasteiger partial charge in [0.1, 0.15) is 23.9 Å². The number of hydrogen-bond acceptors (Lipinski definition) is 10. The lowest BCUT2D eigenvalue weighted by molar-refractivity contribution is 0.0688. The number of aromatic nitrogens is 3. The van der Waals surface area contributed by atoms with Crippen LogP contribution in [-0.2, 0) is 19.4 Å². The van der Waals surface area contributed by atoms with E-state index >= 15 is 0 Å². The van der Waals surface area contributed by atoms with Crippen LogP contribution in [0, 0.1) is 0 Å². The Balaban J connectivity index is 0.945. The van der Waals surface area contributed by atoms with Gasteiger partial charge in [-0.05, 0) is 111 Å². The summed E-state index contributed by atoms with van der Waals surface area (Å²) in [4.78, 5) is 43.6. The summed E-state index contributed by atoms with van der Waals surface area (Å²) in [5.74, 6) is 0.729. The number of amides is 1. The molecule has 0 radical (unpaired) electrons. The Morgan fingerprint density at radius 1 is 0.906 bits per heavy atom. The highest BCUT2D eigenvalue weighted by Crippen LogP contribution is 2.30. The van der Waals surface area contributed by atoms with Crippen LogP contribution in [0.4, 0.5) is 10.9 Å². The number of para-hydroxylation sites is 1. The molecule has 2 N–H and O–H groups in total. The standard InChI is InChI=1S/C41H40N6O5S/c1-46(2)22-24-52-31-17-18-34(42-25-31)28-12-15-30(16-13-28)51-23-6-8-29-14-19-37(44-38(29)40(49)50)47-21-20-27-7-5-9-32(33(27)26-47)39(48)45-41-43-35-10-3-4-11-36(35)53-41/h3-5,7,9-19,25H,6,8,20-24,26H2,1-2H3,(H,49,50)(H,43,45,48). The van der Waals surface area contributed by atoms with E-state index in [0.717, 1.165) is 50.6 Å². The van der Waals surface area contributed by atoms with Crippen molar-refractivity contribution in [2.24, 2.45) is 0 Å². The van der Waals surface area contributed by atoms with E-state index in [-0.39, 0.29) is 11.6 Å². The van der Waals surface area contributed by atoms with Crippen molar-refractivity contribution in [1.29, 1.82) is 0 Å². The van der Waals surface area contributed by atoms with E-state index in [1.807, 2.05) is 110 Å². The number of hydrogen-bond donors (Lipinski definition) is 2. The van der Waals surface area contributed by atoms with Crippen molar-refractivity contribution in [3.8, 4) is 22.8 Å². The van der Waals surface area contributed by atoms with Crippen molar-refractivity contribution in [1.82, 2.24) is 19.9 Å². The third-order valence-corrected chi connectivity index (χ3v) is 10.0. The van der Waals surface area contributed by atoms with Crippen molar-refractivity contribution in [2.45, 2.75) is 25.8 Å². The summed E-state index contributed by atoms with van der Waals surface area (Å²) in [7, 11) is 4.01. The van der Waals surface area contributed by atoms with Crippen LogP contribution in [0.2, 0.25) is 0 Å². The average Bonchev–Trinajstić information content (AvgIpc) is 3.59. The molecule has 0 atom stereocenters. The Morgan fingerprint density at radius 2 is 1.72 bits per heavy atom. The molecule has 0 saturated carbocycles. The van der Waals surface area contributed by atoms with Gasteiger partial charge in [-0.1, -0.05) is 41.7 Å². The number of carbonyl (C=O) groups is 2. The number of benzene rings is 3. The van der Waals surface area contributed by atoms with Crippen molar-refractivity contribution in [3.05, 3.63) is 125 Å². The largest absolute Gasteiger partial charge is 0.494 e. The number of carboxylic acid groups (broad SMARTS) is 1. The van der Waals surface area contributed by atoms with E-state index < -0.39 is 5.97 Å². The number of nitrogens with one attached hydrogen (secondary N) is 1. The summed E-state index contributed by atoms with van der Waals surface area (Å²) in [5.41, 5.74) is 5.90. The molecular formula is C41H40N6O5S. The Labute approximate surface area is 311 Å². The van der Waals surface area contributed by atoms with Crippen LogP contribution in [0.1, 0.15) is 44.0 Å². The van der Waals surface area contributed by atoms with Crippen LogP contribution in [0.3, 0.4) is 0 Å². The monoisotopic (exact) mass is 728 g/mol. The minimum Gasteiger partial charge on any atom is -0.494 e. The third-order valence-electron chi connectivity index (χ3n) is 9.08. The summed E-state index contributed by atoms with van der Waals surface area (Å²) in [6.07, 6.45) is 3.55. The molecule has 53 heavy (non-hydrogen) atoms. The Morgan fingerprint density at radius 3 is 2.49 bits per heavy atom. The molecule has 12 heteroatoms. The summed E-state index contributed by atoms with van der Waals surface area (Å²) in [6.45, 7) is 2.94. The minimum atomic E-state index is -1.08. The van der Waals surface area contributed by atoms with Gasteiger partial charge in [0.05, 0.1) is 28.7 Å². The van der Waals surface area contributed by atoms with Gasteiger partial charge < -0.3 is 24.4 Å². The van der Waals surface area contributed by atoms with Gasteiger partial charge in [0.2, 0.25) is 0 Å². The SMILES string of the molecule is CN(C)CCOc1ccc(-c2ccc(OCCCc3ccc(N4CCc5cccc(C(=O)Nc6nc7ccccc7s6)c5C4)nc3C(=O)O)cc2)nc1. The number of likely N-dealkylation sites (N-methyl/N-ethyl adjacent to an activating group) is 1. The summed E-state index contributed by atoms with van der Waals surface area (Å²) >= 11 is 1.44. The fourth-order valence-electron chi connectivity index (χ4n) is 6.28. The van der Waals surface area contributed by atoms with Crippen LogP contribution < -0.4 is 19.7 Å². The first-order valence-corrected chi connectivity index (χ1v) is 18.3. The molecule has 3 aromatic carbocycles. The van der Waals surface area contributed by atoms with E-state index in [9.17, 15) is 14.7 Å². The number of nitrogens with zero attached hydrogens (tertiary/aromatic N) is 5. The van der Waals surface area contributed by atoms with Gasteiger partial charge in [0.15, 0.2) is 10.8 Å². The molecule has 270 valence electrons. The molecule has 7 rings (SSSR count). The van der Waals surface area contributed by atoms with E-state index in [4.69, 9.17) is 9.47 Å². The molecule has 1 aliphatic rings. The van der Waals surface area contributed by atoms with Crippen LogP contribution in [-0.4, -0.2) is 77.2 Å². The maximum atomic E-state index is 13.5. The molecule has 0 aliphatic carbocycles. The Hall–Kier alpha value is -5.85. The number of aryl methyl sites for hydroxylation is 1. The first kappa shape index (κ1) is 35.5. The first-order valence-electron chi connectivity index (χ1n) is 17.5. The molecule has 11 nitrogen and oxygen atoms in total. The molecule has 1 aliphatic heterocycles. The lowest BCUT2D eigenvalue weighted by Crippen LogP contribution is -2.33. The Bertz CT molecular complexity index is 2190. The summed E-state index contributed by atoms with van der Waals surface area (Å²) in [5, 5.41) is 13.6. The van der Waals surface area contributed by atoms with E-state index in [1.165, 1.54) is 11.3 Å². The second kappa shape index (κ2) is 16.2. The van der Waals surface area contributed by atoms with Gasteiger partial charge in [-0.3, -0.25) is 15.1 Å². The number of pyridine rings is 2. The molecule has 6 aromatic rings. The second-order valence-electron chi connectivity index (χ2n) is 13.0. The maximum Gasteiger partial charge on any atom is 0.354 e. The number of ether oxygens (including phenoxy) is 2. The maximum absolute atomic E-state index is 13.5. The van der Waals surface area contributed by atoms with Crippen molar-refractivity contribution >= 4 is 44.4 Å². The highest BCUT2D eigenvalue weighted by molar-refractivity contribution is 7.22. The van der Waals surface area contributed by atoms with E-state index in [0.29, 0.717) is 67.6 Å². The van der Waals surface area contributed by atoms with Gasteiger partial charge in [-0.2, -0.15) is 0 Å². The predicted molar refractivity (Wildman–Crippen MR) is 208 cm³/mol. The molecule has 1 amide bonds. The van der Waals surface area contributed by atoms with E-state index in [2.05, 4.69) is 25.2 Å². The van der Waals surface area contributed by atoms with Crippen molar-refractivity contribution < 1.29 is 24.2 Å². The van der Waals surface area contributed by atoms with Crippen LogP contribution >= 0.6 is 11.3 Å². The predicted octanol–water partition coefficient (Wildman–Crippen LogP) is 7.22. The molecule has 4 heterocycles. The zero-order chi connectivity index (χ0) is 36.7. The number of thiazole rings is 1. The normalized spacial score (nSPS) is 12.5. The number of anilines is 2. The summed E-state index contributed by atoms with van der Waals surface area (Å²) in [6, 6.07) is 28.8. The molecule has 0 saturated heterocycles. The number of carboxylic acids is 1. The zero-order valence-electron chi connectivity index (χ0n) is 29.6. The highest BCUT2D eigenvalue weighted by atomic mass is 32.1. The van der Waals surface area contributed by atoms with Crippen molar-refractivity contribution in [3.63, 3.8) is 0 Å². The number of fused-ring (bicyclic) bond motifs is 2. The first-order chi connectivity index (χ1) is 25.8. The molecule has 0 fully saturated rings. The fraction of sp³-hybridized carbons (Fsp3) is 0.244. The topological polar surface area (TPSA) is 130 Å². The van der Waals surface area contributed by atoms with Crippen LogP contribution in [0.5, 0.6) is 11.5 Å². The summed E-state index contributed by atoms with van der Waals surface area (Å²) < 4.78 is 12.7. The number of rotatable bonds is 14. The molecular weight excluding hydrogens is 689 g/mol. The lowest BCUT2D eigenvalue weighted by atomic mass is 9.94. The fourth-order valence-corrected chi connectivity index (χ4v) is 7.14. The quantitative estimate of drug-likeness (QED) is 0.111. The second-order valence-corrected chi connectivity index (χ2v) is 14.1. The smallest absolute Gasteiger partial charge is 0.354 e. The van der Waals surface area contributed by atoms with Gasteiger partial charge >= 0.3 is 5.97 Å². The molecule has 0 bridgehead atoms. The Kier molecular flexibility index (Phi) is 10.9. The van der Waals surface area contributed by atoms with Crippen LogP contribution in [0.25, 0.3) is 21.5 Å². The average molecular weight is 729 g/mol. The van der Waals surface area contributed by atoms with Gasteiger partial charge in [-0.25, -0.2) is 14.8 Å². The van der Waals surface area contributed by atoms with Crippen molar-refractivity contribution in [2.75, 3.05) is 50.6 Å². The van der Waals surface area contributed by atoms with E-state index in [1.54, 1.807) is 6.20 Å². The zero-order valence-corrected chi connectivity index (χ0v) is 30.4. The van der Waals surface area contributed by atoms with Gasteiger partial charge in [-0.15, -0.1) is 0 Å². The molecule has 0 spiro atoms. The lowest BCUT2D eigenvalue weighted by Gasteiger charge is -2.31. The number of carbonyl (C=O) groups excluding carboxylic acids is 1. The minimum absolute atomic E-state index is 0.0288. The number of aromatic carboxylic acids is 1. The van der Waals surface area contributed by atoms with Crippen LogP contribution in [0.15, 0.2) is 97.2 Å². The third kappa shape index (κ3) is 8.62.